The lowest BCUT2D eigenvalue weighted by atomic mass is 9.61. The predicted molar refractivity (Wildman–Crippen MR) is 91.7 cm³/mol. The molecule has 1 amide bonds. The molecule has 2 saturated carbocycles. The normalized spacial score (nSPS) is 32.4. The molecule has 2 aliphatic carbocycles. The summed E-state index contributed by atoms with van der Waals surface area (Å²) in [5, 5.41) is 3.33. The van der Waals surface area contributed by atoms with E-state index in [0.717, 1.165) is 30.1 Å². The number of hydrogen-bond acceptors (Lipinski definition) is 3. The Morgan fingerprint density at radius 3 is 2.67 bits per heavy atom. The van der Waals surface area contributed by atoms with Crippen LogP contribution in [0, 0.1) is 17.8 Å². The van der Waals surface area contributed by atoms with Gasteiger partial charge >= 0.3 is 0 Å². The number of carbonyl (C=O) groups excluding carboxylic acids is 1. The smallest absolute Gasteiger partial charge is 0.251 e. The summed E-state index contributed by atoms with van der Waals surface area (Å²) in [6, 6.07) is 8.03. The van der Waals surface area contributed by atoms with Gasteiger partial charge in [0.05, 0.1) is 12.7 Å². The number of nitrogens with one attached hydrogen (secondary N) is 1. The minimum absolute atomic E-state index is 0.0531. The highest BCUT2D eigenvalue weighted by molar-refractivity contribution is 5.94. The van der Waals surface area contributed by atoms with Gasteiger partial charge in [0, 0.05) is 37.2 Å². The minimum Gasteiger partial charge on any atom is -0.380 e. The maximum Gasteiger partial charge on any atom is 0.251 e. The van der Waals surface area contributed by atoms with Crippen molar-refractivity contribution < 1.29 is 14.3 Å². The van der Waals surface area contributed by atoms with Crippen LogP contribution in [0.5, 0.6) is 0 Å². The Morgan fingerprint density at radius 1 is 1.21 bits per heavy atom. The number of amides is 1. The average molecular weight is 329 g/mol. The van der Waals surface area contributed by atoms with Crippen molar-refractivity contribution in [1.29, 1.82) is 0 Å². The van der Waals surface area contributed by atoms with E-state index in [0.29, 0.717) is 30.6 Å². The van der Waals surface area contributed by atoms with E-state index in [9.17, 15) is 4.79 Å². The van der Waals surface area contributed by atoms with Gasteiger partial charge in [-0.05, 0) is 30.0 Å². The van der Waals surface area contributed by atoms with Crippen LogP contribution < -0.4 is 5.32 Å². The molecule has 0 aromatic heterocycles. The van der Waals surface area contributed by atoms with Crippen molar-refractivity contribution >= 4 is 5.91 Å². The topological polar surface area (TPSA) is 47.6 Å². The lowest BCUT2D eigenvalue weighted by Gasteiger charge is -2.50. The first-order valence-corrected chi connectivity index (χ1v) is 9.28. The van der Waals surface area contributed by atoms with E-state index >= 15 is 0 Å². The lowest BCUT2D eigenvalue weighted by Crippen LogP contribution is -2.63. The molecule has 1 saturated heterocycles. The summed E-state index contributed by atoms with van der Waals surface area (Å²) in [5.41, 5.74) is 1.83. The molecule has 1 aliphatic heterocycles. The Morgan fingerprint density at radius 2 is 1.96 bits per heavy atom. The maximum atomic E-state index is 12.7. The average Bonchev–Trinajstić information content (AvgIpc) is 3.24. The molecule has 0 bridgehead atoms. The van der Waals surface area contributed by atoms with Gasteiger partial charge < -0.3 is 14.8 Å². The van der Waals surface area contributed by atoms with Crippen LogP contribution in [0.25, 0.3) is 0 Å². The van der Waals surface area contributed by atoms with E-state index in [4.69, 9.17) is 9.47 Å². The summed E-state index contributed by atoms with van der Waals surface area (Å²) in [7, 11) is 1.68. The Labute approximate surface area is 143 Å². The van der Waals surface area contributed by atoms with Gasteiger partial charge in [-0.25, -0.2) is 0 Å². The number of methoxy groups -OCH3 is 1. The molecular formula is C20H27NO3. The second-order valence-electron chi connectivity index (χ2n) is 7.54. The van der Waals surface area contributed by atoms with Crippen LogP contribution in [0.15, 0.2) is 24.3 Å². The van der Waals surface area contributed by atoms with Crippen LogP contribution in [-0.4, -0.2) is 31.8 Å². The summed E-state index contributed by atoms with van der Waals surface area (Å²) in [5.74, 6) is 1.83. The lowest BCUT2D eigenvalue weighted by molar-refractivity contribution is -0.0784. The monoisotopic (exact) mass is 329 g/mol. The Balaban J connectivity index is 1.43. The quantitative estimate of drug-likeness (QED) is 0.903. The highest BCUT2D eigenvalue weighted by Gasteiger charge is 2.56. The summed E-state index contributed by atoms with van der Waals surface area (Å²) < 4.78 is 11.1. The van der Waals surface area contributed by atoms with Gasteiger partial charge in [-0.3, -0.25) is 4.79 Å². The Kier molecular flexibility index (Phi) is 4.59. The molecule has 4 atom stereocenters. The molecular weight excluding hydrogens is 302 g/mol. The van der Waals surface area contributed by atoms with E-state index in [1.807, 2.05) is 24.3 Å². The standard InChI is InChI=1S/C20H27NO3/c1-23-12-13-6-8-15(9-7-13)20(22)21-18-16-10-11-24-19(16)17(18)14-4-2-3-5-14/h6-9,14,16-19H,2-5,10-12H2,1H3,(H,21,22)/t16-,17+,18-,19-/m1/s1. The van der Waals surface area contributed by atoms with Crippen molar-refractivity contribution in [1.82, 2.24) is 5.32 Å². The van der Waals surface area contributed by atoms with E-state index in [2.05, 4.69) is 5.32 Å². The summed E-state index contributed by atoms with van der Waals surface area (Å²) in [6.45, 7) is 1.44. The van der Waals surface area contributed by atoms with E-state index < -0.39 is 0 Å². The number of rotatable bonds is 5. The van der Waals surface area contributed by atoms with Gasteiger partial charge in [0.15, 0.2) is 0 Å². The second kappa shape index (κ2) is 6.85. The van der Waals surface area contributed by atoms with Crippen molar-refractivity contribution in [3.8, 4) is 0 Å². The fraction of sp³-hybridized carbons (Fsp3) is 0.650. The van der Waals surface area contributed by atoms with Crippen molar-refractivity contribution in [3.63, 3.8) is 0 Å². The van der Waals surface area contributed by atoms with Gasteiger partial charge in [-0.2, -0.15) is 0 Å². The molecule has 24 heavy (non-hydrogen) atoms. The SMILES string of the molecule is COCc1ccc(C(=O)N[C@@H]2[C@H]3CCO[C@H]3[C@H]2C2CCCC2)cc1. The van der Waals surface area contributed by atoms with E-state index in [1.165, 1.54) is 25.7 Å². The molecule has 0 radical (unpaired) electrons. The molecule has 1 aromatic rings. The molecule has 0 unspecified atom stereocenters. The molecule has 1 heterocycles. The third kappa shape index (κ3) is 2.86. The molecule has 3 aliphatic rings. The van der Waals surface area contributed by atoms with Crippen LogP contribution in [-0.2, 0) is 16.1 Å². The number of hydrogen-bond donors (Lipinski definition) is 1. The Hall–Kier alpha value is -1.39. The highest BCUT2D eigenvalue weighted by Crippen LogP contribution is 2.51. The van der Waals surface area contributed by atoms with Crippen LogP contribution in [0.2, 0.25) is 0 Å². The summed E-state index contributed by atoms with van der Waals surface area (Å²) >= 11 is 0. The number of benzene rings is 1. The van der Waals surface area contributed by atoms with Crippen LogP contribution in [0.3, 0.4) is 0 Å². The minimum atomic E-state index is 0.0531. The molecule has 4 rings (SSSR count). The number of ether oxygens (including phenoxy) is 2. The molecule has 1 N–H and O–H groups in total. The summed E-state index contributed by atoms with van der Waals surface area (Å²) in [6.07, 6.45) is 6.75. The fourth-order valence-electron chi connectivity index (χ4n) is 5.01. The van der Waals surface area contributed by atoms with Crippen molar-refractivity contribution in [2.75, 3.05) is 13.7 Å². The van der Waals surface area contributed by atoms with Crippen molar-refractivity contribution in [2.24, 2.45) is 17.8 Å². The van der Waals surface area contributed by atoms with Crippen molar-refractivity contribution in [3.05, 3.63) is 35.4 Å². The van der Waals surface area contributed by atoms with E-state index in [-0.39, 0.29) is 5.91 Å². The third-order valence-corrected chi connectivity index (χ3v) is 6.21. The zero-order chi connectivity index (χ0) is 16.5. The molecule has 1 aromatic carbocycles. The zero-order valence-electron chi connectivity index (χ0n) is 14.4. The predicted octanol–water partition coefficient (Wildman–Crippen LogP) is 3.16. The molecule has 4 heteroatoms. The van der Waals surface area contributed by atoms with Gasteiger partial charge in [-0.1, -0.05) is 37.8 Å². The Bertz CT molecular complexity index is 574. The first kappa shape index (κ1) is 16.1. The molecule has 130 valence electrons. The first-order valence-electron chi connectivity index (χ1n) is 9.28. The molecule has 4 nitrogen and oxygen atoms in total. The van der Waals surface area contributed by atoms with Gasteiger partial charge in [0.1, 0.15) is 0 Å². The zero-order valence-corrected chi connectivity index (χ0v) is 14.4. The van der Waals surface area contributed by atoms with Gasteiger partial charge in [0.2, 0.25) is 0 Å². The van der Waals surface area contributed by atoms with Crippen molar-refractivity contribution in [2.45, 2.75) is 50.9 Å². The van der Waals surface area contributed by atoms with Crippen LogP contribution in [0.4, 0.5) is 0 Å². The fourth-order valence-corrected chi connectivity index (χ4v) is 5.01. The molecule has 3 fully saturated rings. The highest BCUT2D eigenvalue weighted by atomic mass is 16.5. The second-order valence-corrected chi connectivity index (χ2v) is 7.54. The third-order valence-electron chi connectivity index (χ3n) is 6.21. The van der Waals surface area contributed by atoms with E-state index in [1.54, 1.807) is 7.11 Å². The van der Waals surface area contributed by atoms with Gasteiger partial charge in [-0.15, -0.1) is 0 Å². The largest absolute Gasteiger partial charge is 0.380 e. The number of carbonyl (C=O) groups is 1. The van der Waals surface area contributed by atoms with Crippen LogP contribution >= 0.6 is 0 Å². The maximum absolute atomic E-state index is 12.7. The first-order chi connectivity index (χ1) is 11.8. The number of fused-ring (bicyclic) bond motifs is 1. The molecule has 0 spiro atoms. The van der Waals surface area contributed by atoms with Crippen LogP contribution in [0.1, 0.15) is 48.0 Å². The van der Waals surface area contributed by atoms with Gasteiger partial charge in [0.25, 0.3) is 5.91 Å². The summed E-state index contributed by atoms with van der Waals surface area (Å²) in [4.78, 5) is 12.7.